The number of hydrogen-bond acceptors (Lipinski definition) is 4. The van der Waals surface area contributed by atoms with Gasteiger partial charge in [-0.2, -0.15) is 10.2 Å². The SMILES string of the molecule is CCn1cc(-c2ccc3ncc(Cc4ccc5nccn5c4)n3n2)cn1. The van der Waals surface area contributed by atoms with Gasteiger partial charge in [0.1, 0.15) is 5.65 Å². The van der Waals surface area contributed by atoms with Crippen molar-refractivity contribution in [2.75, 3.05) is 0 Å². The summed E-state index contributed by atoms with van der Waals surface area (Å²) in [4.78, 5) is 8.77. The third-order valence-corrected chi connectivity index (χ3v) is 4.52. The Labute approximate surface area is 149 Å². The Balaban J connectivity index is 1.53. The lowest BCUT2D eigenvalue weighted by Gasteiger charge is -2.04. The summed E-state index contributed by atoms with van der Waals surface area (Å²) in [5.74, 6) is 0. The average Bonchev–Trinajstić information content (AvgIpc) is 3.40. The lowest BCUT2D eigenvalue weighted by Crippen LogP contribution is -2.01. The van der Waals surface area contributed by atoms with Crippen LogP contribution in [0.3, 0.4) is 0 Å². The van der Waals surface area contributed by atoms with E-state index in [0.717, 1.165) is 41.2 Å². The Bertz CT molecular complexity index is 1210. The van der Waals surface area contributed by atoms with Crippen molar-refractivity contribution in [2.45, 2.75) is 19.9 Å². The van der Waals surface area contributed by atoms with Crippen LogP contribution in [0, 0.1) is 0 Å². The fourth-order valence-corrected chi connectivity index (χ4v) is 3.14. The minimum atomic E-state index is 0.750. The zero-order valence-corrected chi connectivity index (χ0v) is 14.3. The highest BCUT2D eigenvalue weighted by Crippen LogP contribution is 2.18. The van der Waals surface area contributed by atoms with E-state index in [1.165, 1.54) is 5.56 Å². The first-order valence-electron chi connectivity index (χ1n) is 8.58. The van der Waals surface area contributed by atoms with Crippen molar-refractivity contribution >= 4 is 11.3 Å². The van der Waals surface area contributed by atoms with Gasteiger partial charge in [-0.25, -0.2) is 14.5 Å². The second-order valence-electron chi connectivity index (χ2n) is 6.23. The molecule has 0 aliphatic carbocycles. The number of aryl methyl sites for hydroxylation is 1. The second-order valence-corrected chi connectivity index (χ2v) is 6.23. The van der Waals surface area contributed by atoms with Crippen LogP contribution in [0.5, 0.6) is 0 Å². The molecule has 0 atom stereocenters. The monoisotopic (exact) mass is 343 g/mol. The topological polar surface area (TPSA) is 65.3 Å². The lowest BCUT2D eigenvalue weighted by atomic mass is 10.2. The Morgan fingerprint density at radius 1 is 0.962 bits per heavy atom. The Morgan fingerprint density at radius 3 is 2.77 bits per heavy atom. The van der Waals surface area contributed by atoms with Gasteiger partial charge in [-0.1, -0.05) is 6.07 Å². The maximum absolute atomic E-state index is 4.78. The molecule has 128 valence electrons. The van der Waals surface area contributed by atoms with Crippen molar-refractivity contribution in [1.29, 1.82) is 0 Å². The summed E-state index contributed by atoms with van der Waals surface area (Å²) in [5, 5.41) is 9.12. The van der Waals surface area contributed by atoms with E-state index in [9.17, 15) is 0 Å². The molecule has 7 nitrogen and oxygen atoms in total. The number of rotatable bonds is 4. The highest BCUT2D eigenvalue weighted by molar-refractivity contribution is 5.58. The predicted molar refractivity (Wildman–Crippen MR) is 97.9 cm³/mol. The smallest absolute Gasteiger partial charge is 0.153 e. The van der Waals surface area contributed by atoms with Crippen molar-refractivity contribution in [1.82, 2.24) is 33.8 Å². The van der Waals surface area contributed by atoms with E-state index in [4.69, 9.17) is 5.10 Å². The summed E-state index contributed by atoms with van der Waals surface area (Å²) in [6, 6.07) is 8.10. The molecule has 0 spiro atoms. The van der Waals surface area contributed by atoms with Gasteiger partial charge in [0, 0.05) is 43.3 Å². The van der Waals surface area contributed by atoms with Gasteiger partial charge in [0.25, 0.3) is 0 Å². The minimum absolute atomic E-state index is 0.750. The van der Waals surface area contributed by atoms with Gasteiger partial charge >= 0.3 is 0 Å². The van der Waals surface area contributed by atoms with Gasteiger partial charge in [-0.15, -0.1) is 0 Å². The summed E-state index contributed by atoms with van der Waals surface area (Å²) in [5.41, 5.74) is 5.91. The van der Waals surface area contributed by atoms with Crippen LogP contribution in [0.4, 0.5) is 0 Å². The highest BCUT2D eigenvalue weighted by Gasteiger charge is 2.09. The third kappa shape index (κ3) is 2.45. The van der Waals surface area contributed by atoms with E-state index in [1.807, 2.05) is 56.6 Å². The van der Waals surface area contributed by atoms with Gasteiger partial charge in [0.05, 0.1) is 23.8 Å². The average molecular weight is 343 g/mol. The van der Waals surface area contributed by atoms with E-state index >= 15 is 0 Å². The Hall–Kier alpha value is -3.48. The minimum Gasteiger partial charge on any atom is -0.307 e. The number of fused-ring (bicyclic) bond motifs is 2. The third-order valence-electron chi connectivity index (χ3n) is 4.52. The van der Waals surface area contributed by atoms with E-state index in [2.05, 4.69) is 34.3 Å². The molecule has 0 fully saturated rings. The molecule has 7 heteroatoms. The lowest BCUT2D eigenvalue weighted by molar-refractivity contribution is 0.660. The molecule has 0 bridgehead atoms. The second kappa shape index (κ2) is 5.80. The molecule has 0 aliphatic heterocycles. The quantitative estimate of drug-likeness (QED) is 0.503. The molecule has 26 heavy (non-hydrogen) atoms. The van der Waals surface area contributed by atoms with Crippen molar-refractivity contribution < 1.29 is 0 Å². The maximum Gasteiger partial charge on any atom is 0.153 e. The van der Waals surface area contributed by atoms with Crippen LogP contribution in [0.2, 0.25) is 0 Å². The van der Waals surface area contributed by atoms with Crippen LogP contribution in [0.1, 0.15) is 18.2 Å². The molecule has 0 amide bonds. The molecule has 0 aliphatic rings. The standard InChI is InChI=1S/C19H17N7/c1-2-25-13-15(10-22-25)17-4-6-19-21-11-16(26(19)23-17)9-14-3-5-18-20-7-8-24(18)12-14/h3-8,10-13H,2,9H2,1H3. The van der Waals surface area contributed by atoms with Crippen molar-refractivity contribution in [3.05, 3.63) is 72.7 Å². The van der Waals surface area contributed by atoms with E-state index < -0.39 is 0 Å². The summed E-state index contributed by atoms with van der Waals surface area (Å²) >= 11 is 0. The van der Waals surface area contributed by atoms with Gasteiger partial charge in [-0.05, 0) is 30.7 Å². The van der Waals surface area contributed by atoms with Crippen LogP contribution in [0.25, 0.3) is 22.6 Å². The van der Waals surface area contributed by atoms with Crippen LogP contribution < -0.4 is 0 Å². The van der Waals surface area contributed by atoms with Gasteiger partial charge < -0.3 is 4.40 Å². The predicted octanol–water partition coefficient (Wildman–Crippen LogP) is 2.85. The maximum atomic E-state index is 4.78. The zero-order valence-electron chi connectivity index (χ0n) is 14.3. The fraction of sp³-hybridized carbons (Fsp3) is 0.158. The first-order chi connectivity index (χ1) is 12.8. The molecule has 0 saturated carbocycles. The van der Waals surface area contributed by atoms with Crippen molar-refractivity contribution in [3.8, 4) is 11.3 Å². The normalized spacial score (nSPS) is 11.6. The summed E-state index contributed by atoms with van der Waals surface area (Å²) in [6.45, 7) is 2.91. The molecule has 5 aromatic rings. The number of imidazole rings is 2. The molecule has 0 aromatic carbocycles. The summed E-state index contributed by atoms with van der Waals surface area (Å²) in [6.07, 6.45) is 12.3. The fourth-order valence-electron chi connectivity index (χ4n) is 3.14. The van der Waals surface area contributed by atoms with Crippen LogP contribution in [-0.2, 0) is 13.0 Å². The van der Waals surface area contributed by atoms with Crippen LogP contribution in [0.15, 0.2) is 61.4 Å². The molecule has 5 rings (SSSR count). The number of aromatic nitrogens is 7. The van der Waals surface area contributed by atoms with Crippen molar-refractivity contribution in [3.63, 3.8) is 0 Å². The first kappa shape index (κ1) is 14.8. The zero-order chi connectivity index (χ0) is 17.5. The Morgan fingerprint density at radius 2 is 1.88 bits per heavy atom. The van der Waals surface area contributed by atoms with E-state index in [1.54, 1.807) is 6.20 Å². The molecule has 5 heterocycles. The Kier molecular flexibility index (Phi) is 3.31. The first-order valence-corrected chi connectivity index (χ1v) is 8.58. The van der Waals surface area contributed by atoms with E-state index in [0.29, 0.717) is 0 Å². The van der Waals surface area contributed by atoms with Gasteiger partial charge in [-0.3, -0.25) is 4.68 Å². The number of hydrogen-bond donors (Lipinski definition) is 0. The molecule has 0 unspecified atom stereocenters. The van der Waals surface area contributed by atoms with Crippen LogP contribution >= 0.6 is 0 Å². The summed E-state index contributed by atoms with van der Waals surface area (Å²) in [7, 11) is 0. The molecule has 5 aromatic heterocycles. The van der Waals surface area contributed by atoms with Crippen molar-refractivity contribution in [2.24, 2.45) is 0 Å². The molecular weight excluding hydrogens is 326 g/mol. The van der Waals surface area contributed by atoms with Gasteiger partial charge in [0.15, 0.2) is 5.65 Å². The largest absolute Gasteiger partial charge is 0.307 e. The molecule has 0 saturated heterocycles. The van der Waals surface area contributed by atoms with E-state index in [-0.39, 0.29) is 0 Å². The van der Waals surface area contributed by atoms with Crippen LogP contribution in [-0.4, -0.2) is 33.8 Å². The highest BCUT2D eigenvalue weighted by atomic mass is 15.3. The number of pyridine rings is 1. The number of nitrogens with zero attached hydrogens (tertiary/aromatic N) is 7. The molecule has 0 N–H and O–H groups in total. The molecular formula is C19H17N7. The summed E-state index contributed by atoms with van der Waals surface area (Å²) < 4.78 is 5.84. The molecule has 0 radical (unpaired) electrons. The van der Waals surface area contributed by atoms with Gasteiger partial charge in [0.2, 0.25) is 0 Å².